The molecule has 1 aromatic heterocycles. The number of aromatic nitrogens is 2. The van der Waals surface area contributed by atoms with Crippen LogP contribution in [0, 0.1) is 0 Å². The van der Waals surface area contributed by atoms with Crippen LogP contribution in [0.3, 0.4) is 0 Å². The molecule has 0 bridgehead atoms. The van der Waals surface area contributed by atoms with E-state index in [9.17, 15) is 0 Å². The Kier molecular flexibility index (Phi) is 2.32. The number of hydrogen-bond donors (Lipinski definition) is 0. The van der Waals surface area contributed by atoms with Crippen molar-refractivity contribution in [1.82, 2.24) is 9.55 Å². The number of rotatable bonds is 2. The van der Waals surface area contributed by atoms with Crippen LogP contribution in [0.15, 0.2) is 36.6 Å². The second kappa shape index (κ2) is 3.64. The molecule has 0 aliphatic rings. The van der Waals surface area contributed by atoms with Gasteiger partial charge in [-0.05, 0) is 12.1 Å². The smallest absolute Gasteiger partial charge is 0.210 e. The Morgan fingerprint density at radius 3 is 2.80 bits per heavy atom. The highest BCUT2D eigenvalue weighted by molar-refractivity contribution is 5.81. The summed E-state index contributed by atoms with van der Waals surface area (Å²) < 4.78 is 1.97. The Labute approximate surface area is 89.0 Å². The molecule has 15 heavy (non-hydrogen) atoms. The molecule has 2 aromatic rings. The van der Waals surface area contributed by atoms with Crippen LogP contribution in [0.2, 0.25) is 0 Å². The molecule has 0 atom stereocenters. The summed E-state index contributed by atoms with van der Waals surface area (Å²) in [6, 6.07) is 8.01. The van der Waals surface area contributed by atoms with Crippen molar-refractivity contribution in [2.24, 2.45) is 0 Å². The molecule has 0 amide bonds. The van der Waals surface area contributed by atoms with Crippen molar-refractivity contribution in [3.05, 3.63) is 36.6 Å². The minimum atomic E-state index is 0.882. The highest BCUT2D eigenvalue weighted by atomic mass is 15.3. The predicted molar refractivity (Wildman–Crippen MR) is 64.0 cm³/mol. The van der Waals surface area contributed by atoms with Crippen molar-refractivity contribution < 1.29 is 0 Å². The summed E-state index contributed by atoms with van der Waals surface area (Å²) in [4.78, 5) is 6.49. The number of imidazole rings is 1. The summed E-state index contributed by atoms with van der Waals surface area (Å²) in [5.74, 6) is 0.882. The lowest BCUT2D eigenvalue weighted by atomic mass is 10.3. The van der Waals surface area contributed by atoms with Crippen LogP contribution < -0.4 is 4.90 Å². The molecule has 0 aliphatic heterocycles. The van der Waals surface area contributed by atoms with Crippen LogP contribution in [-0.2, 0) is 0 Å². The maximum atomic E-state index is 4.52. The summed E-state index contributed by atoms with van der Waals surface area (Å²) in [5.41, 5.74) is 4.83. The third kappa shape index (κ3) is 1.53. The van der Waals surface area contributed by atoms with Gasteiger partial charge >= 0.3 is 0 Å². The van der Waals surface area contributed by atoms with Crippen molar-refractivity contribution in [1.29, 1.82) is 0 Å². The van der Waals surface area contributed by atoms with Crippen LogP contribution in [0.1, 0.15) is 0 Å². The van der Waals surface area contributed by atoms with E-state index in [0.717, 1.165) is 17.0 Å². The van der Waals surface area contributed by atoms with Crippen molar-refractivity contribution >= 4 is 23.2 Å². The molecule has 0 saturated heterocycles. The molecule has 3 nitrogen and oxygen atoms in total. The number of benzene rings is 1. The summed E-state index contributed by atoms with van der Waals surface area (Å²) in [7, 11) is 3.93. The molecule has 76 valence electrons. The normalized spacial score (nSPS) is 10.0. The standard InChI is InChI=1S/C12H13N3/c1-4-9-15-11-8-6-5-7-10(11)13-12(15)14(2)3/h5-9H,1H2,2-3H3. The van der Waals surface area contributed by atoms with Crippen LogP contribution in [0.25, 0.3) is 17.2 Å². The molecular weight excluding hydrogens is 186 g/mol. The van der Waals surface area contributed by atoms with Gasteiger partial charge in [0.15, 0.2) is 0 Å². The average Bonchev–Trinajstić information content (AvgIpc) is 2.58. The molecule has 1 heterocycles. The van der Waals surface area contributed by atoms with Crippen molar-refractivity contribution in [3.63, 3.8) is 0 Å². The Bertz CT molecular complexity index is 531. The fraction of sp³-hybridized carbons (Fsp3) is 0.167. The molecular formula is C12H13N3. The van der Waals surface area contributed by atoms with Gasteiger partial charge in [-0.25, -0.2) is 4.98 Å². The first-order chi connectivity index (χ1) is 7.24. The van der Waals surface area contributed by atoms with E-state index in [0.29, 0.717) is 0 Å². The number of para-hydroxylation sites is 2. The van der Waals surface area contributed by atoms with E-state index in [4.69, 9.17) is 0 Å². The zero-order valence-electron chi connectivity index (χ0n) is 8.94. The van der Waals surface area contributed by atoms with Crippen molar-refractivity contribution in [3.8, 4) is 0 Å². The fourth-order valence-corrected chi connectivity index (χ4v) is 1.57. The Morgan fingerprint density at radius 2 is 2.13 bits per heavy atom. The Balaban J connectivity index is 2.80. The zero-order valence-corrected chi connectivity index (χ0v) is 8.94. The summed E-state index contributed by atoms with van der Waals surface area (Å²) >= 11 is 0. The van der Waals surface area contributed by atoms with Crippen LogP contribution in [0.4, 0.5) is 5.95 Å². The summed E-state index contributed by atoms with van der Waals surface area (Å²) in [5, 5.41) is 0. The first-order valence-electron chi connectivity index (χ1n) is 4.74. The fourth-order valence-electron chi connectivity index (χ4n) is 1.57. The lowest BCUT2D eigenvalue weighted by molar-refractivity contribution is 0.999. The largest absolute Gasteiger partial charge is 0.348 e. The van der Waals surface area contributed by atoms with Gasteiger partial charge in [0.05, 0.1) is 17.2 Å². The molecule has 0 spiro atoms. The minimum absolute atomic E-state index is 0.882. The number of fused-ring (bicyclic) bond motifs is 1. The number of nitrogens with zero attached hydrogens (tertiary/aromatic N) is 3. The van der Waals surface area contributed by atoms with Crippen LogP contribution in [-0.4, -0.2) is 23.6 Å². The zero-order chi connectivity index (χ0) is 10.8. The molecule has 0 aliphatic carbocycles. The molecule has 0 radical (unpaired) electrons. The topological polar surface area (TPSA) is 21.1 Å². The Morgan fingerprint density at radius 1 is 1.40 bits per heavy atom. The molecule has 0 saturated carbocycles. The maximum Gasteiger partial charge on any atom is 0.210 e. The predicted octanol–water partition coefficient (Wildman–Crippen LogP) is 2.36. The van der Waals surface area contributed by atoms with Gasteiger partial charge in [-0.3, -0.25) is 4.57 Å². The molecule has 3 heteroatoms. The second-order valence-corrected chi connectivity index (χ2v) is 3.50. The maximum absolute atomic E-state index is 4.52. The molecule has 0 N–H and O–H groups in total. The molecule has 2 rings (SSSR count). The van der Waals surface area contributed by atoms with Gasteiger partial charge in [0, 0.05) is 14.1 Å². The van der Waals surface area contributed by atoms with E-state index in [2.05, 4.69) is 17.3 Å². The molecule has 0 unspecified atom stereocenters. The van der Waals surface area contributed by atoms with E-state index in [-0.39, 0.29) is 0 Å². The van der Waals surface area contributed by atoms with Gasteiger partial charge in [0.1, 0.15) is 0 Å². The third-order valence-electron chi connectivity index (χ3n) is 2.20. The third-order valence-corrected chi connectivity index (χ3v) is 2.20. The van der Waals surface area contributed by atoms with E-state index < -0.39 is 0 Å². The van der Waals surface area contributed by atoms with E-state index >= 15 is 0 Å². The minimum Gasteiger partial charge on any atom is -0.348 e. The lowest BCUT2D eigenvalue weighted by Crippen LogP contribution is -2.13. The van der Waals surface area contributed by atoms with Gasteiger partial charge < -0.3 is 4.90 Å². The van der Waals surface area contributed by atoms with Crippen LogP contribution in [0.5, 0.6) is 0 Å². The Hall–Kier alpha value is -1.99. The lowest BCUT2D eigenvalue weighted by Gasteiger charge is -2.10. The van der Waals surface area contributed by atoms with E-state index in [1.165, 1.54) is 0 Å². The first kappa shape index (κ1) is 9.56. The second-order valence-electron chi connectivity index (χ2n) is 3.50. The number of anilines is 1. The summed E-state index contributed by atoms with van der Waals surface area (Å²) in [6.45, 7) is 3.60. The van der Waals surface area contributed by atoms with Gasteiger partial charge in [-0.2, -0.15) is 0 Å². The van der Waals surface area contributed by atoms with Crippen molar-refractivity contribution in [2.75, 3.05) is 19.0 Å². The summed E-state index contributed by atoms with van der Waals surface area (Å²) in [6.07, 6.45) is 1.80. The van der Waals surface area contributed by atoms with E-state index in [1.54, 1.807) is 6.20 Å². The quantitative estimate of drug-likeness (QED) is 0.692. The monoisotopic (exact) mass is 199 g/mol. The number of hydrogen-bond acceptors (Lipinski definition) is 2. The molecule has 0 fully saturated rings. The van der Waals surface area contributed by atoms with Gasteiger partial charge in [0.2, 0.25) is 5.95 Å². The first-order valence-corrected chi connectivity index (χ1v) is 4.74. The highest BCUT2D eigenvalue weighted by Crippen LogP contribution is 2.21. The van der Waals surface area contributed by atoms with Gasteiger partial charge in [-0.15, -0.1) is 5.73 Å². The van der Waals surface area contributed by atoms with E-state index in [1.807, 2.05) is 47.8 Å². The van der Waals surface area contributed by atoms with Gasteiger partial charge in [0.25, 0.3) is 0 Å². The molecule has 1 aromatic carbocycles. The van der Waals surface area contributed by atoms with Crippen molar-refractivity contribution in [2.45, 2.75) is 0 Å². The van der Waals surface area contributed by atoms with Crippen LogP contribution >= 0.6 is 0 Å². The highest BCUT2D eigenvalue weighted by Gasteiger charge is 2.08. The average molecular weight is 199 g/mol. The SMILES string of the molecule is C=C=Cn1c(N(C)C)nc2ccccc21. The van der Waals surface area contributed by atoms with Gasteiger partial charge in [-0.1, -0.05) is 18.7 Å².